The van der Waals surface area contributed by atoms with E-state index >= 15 is 0 Å². The number of thiol groups is 7. The van der Waals surface area contributed by atoms with Gasteiger partial charge in [0.05, 0.1) is 0 Å². The average Bonchev–Trinajstić information content (AvgIpc) is 0.762. The topological polar surface area (TPSA) is 142 Å². The van der Waals surface area contributed by atoms with E-state index in [1.165, 1.54) is 143 Å². The Balaban J connectivity index is 0.000000211. The largest absolute Gasteiger partial charge is 0.507 e. The van der Waals surface area contributed by atoms with Gasteiger partial charge in [0, 0.05) is 85.0 Å². The van der Waals surface area contributed by atoms with Crippen LogP contribution in [0.5, 0.6) is 40.2 Å². The lowest BCUT2D eigenvalue weighted by Gasteiger charge is -2.28. The van der Waals surface area contributed by atoms with E-state index in [-0.39, 0.29) is 58.4 Å². The van der Waals surface area contributed by atoms with Crippen molar-refractivity contribution < 1.29 is 35.7 Å². The molecule has 0 radical (unpaired) electrons. The van der Waals surface area contributed by atoms with E-state index in [2.05, 4.69) is 458 Å². The van der Waals surface area contributed by atoms with E-state index in [0.717, 1.165) is 64.9 Å². The summed E-state index contributed by atoms with van der Waals surface area (Å²) in [6.45, 7) is 67.6. The fraction of sp³-hybridized carbons (Fsp3) is 0.339. The van der Waals surface area contributed by atoms with Crippen molar-refractivity contribution in [2.45, 2.75) is 280 Å². The number of aryl methyl sites for hydroxylation is 13. The number of para-hydroxylation sites is 2. The van der Waals surface area contributed by atoms with Gasteiger partial charge in [-0.25, -0.2) is 0 Å². The SMILES string of the molecule is Cc1cc(C)c(O)c(Pc2ccc(C)cc2C(C)S)c1.Cc1ccc(O)c(Pc2ccc(C)cc2C(C)S)c1.Cc1ccc(Pc2cc(C(C)(C)C)cc(C(C)(C)C)c2O)c(C(C)S)c1.Cc1ccc(Pc2cc(C(C)(C)C)cc(C)c2O)c(C(C)S)c1.Cc1ccc(Pc2cc(C)cc(C(C)(C)C)c2O)c(C(C)S)c1.Cc1ccc(Pc2cccc(C)c2O)c(C(C)S)c1.Cc1ccc(Pc2ccccc2O)c(C(C)S)c1. The van der Waals surface area contributed by atoms with Crippen molar-refractivity contribution >= 4 is 223 Å². The molecule has 14 atom stereocenters. The smallest absolute Gasteiger partial charge is 0.127 e. The molecule has 0 saturated carbocycles. The number of benzene rings is 14. The number of phenols is 7. The van der Waals surface area contributed by atoms with Crippen molar-refractivity contribution in [1.82, 2.24) is 0 Å². The van der Waals surface area contributed by atoms with Crippen LogP contribution in [0.3, 0.4) is 0 Å². The van der Waals surface area contributed by atoms with Gasteiger partial charge in [-0.3, -0.25) is 0 Å². The molecular formula is C127H163O7P7S7. The zero-order valence-corrected chi connectivity index (χ0v) is 106. The Labute approximate surface area is 940 Å². The summed E-state index contributed by atoms with van der Waals surface area (Å²) in [6.07, 6.45) is 0. The highest BCUT2D eigenvalue weighted by molar-refractivity contribution is 7.81. The lowest BCUT2D eigenvalue weighted by Crippen LogP contribution is -2.21. The summed E-state index contributed by atoms with van der Waals surface area (Å²) in [4.78, 5) is 0. The Bertz CT molecular complexity index is 6760. The molecule has 0 amide bonds. The molecule has 14 rings (SSSR count). The van der Waals surface area contributed by atoms with Crippen LogP contribution in [0.1, 0.15) is 302 Å². The number of rotatable bonds is 21. The maximum atomic E-state index is 11.0. The van der Waals surface area contributed by atoms with Crippen molar-refractivity contribution in [1.29, 1.82) is 0 Å². The zero-order valence-electron chi connectivity index (χ0n) is 92.8. The number of phenolic OH excluding ortho intramolecular Hbond substituents is 7. The molecule has 0 saturated heterocycles. The summed E-state index contributed by atoms with van der Waals surface area (Å²) in [7, 11) is 3.13. The average molecular weight is 2240 g/mol. The minimum atomic E-state index is -0.0997. The third kappa shape index (κ3) is 37.5. The van der Waals surface area contributed by atoms with E-state index in [1.807, 2.05) is 76.2 Å². The molecule has 0 spiro atoms. The van der Waals surface area contributed by atoms with Gasteiger partial charge in [-0.15, -0.1) is 0 Å². The molecule has 0 fully saturated rings. The Morgan fingerprint density at radius 3 is 0.730 bits per heavy atom. The Hall–Kier alpha value is -6.86. The molecule has 7 nitrogen and oxygen atoms in total. The monoisotopic (exact) mass is 2240 g/mol. The van der Waals surface area contributed by atoms with Crippen molar-refractivity contribution in [2.24, 2.45) is 0 Å². The molecule has 7 N–H and O–H groups in total. The normalized spacial score (nSPS) is 13.5. The third-order valence-corrected chi connectivity index (χ3v) is 36.9. The predicted molar refractivity (Wildman–Crippen MR) is 693 cm³/mol. The molecular weight excluding hydrogens is 2080 g/mol. The van der Waals surface area contributed by atoms with Gasteiger partial charge in [-0.05, 0) is 318 Å². The van der Waals surface area contributed by atoms with Crippen molar-refractivity contribution in [3.8, 4) is 40.2 Å². The van der Waals surface area contributed by atoms with Gasteiger partial charge in [0.2, 0.25) is 0 Å². The first-order valence-electron chi connectivity index (χ1n) is 50.5. The highest BCUT2D eigenvalue weighted by atomic mass is 32.1. The maximum Gasteiger partial charge on any atom is 0.127 e. The van der Waals surface area contributed by atoms with Crippen LogP contribution in [0.15, 0.2) is 237 Å². The van der Waals surface area contributed by atoms with Gasteiger partial charge >= 0.3 is 0 Å². The molecule has 0 bridgehead atoms. The van der Waals surface area contributed by atoms with Gasteiger partial charge in [0.15, 0.2) is 0 Å². The van der Waals surface area contributed by atoms with Crippen LogP contribution >= 0.6 is 148 Å². The van der Waals surface area contributed by atoms with Gasteiger partial charge in [-0.2, -0.15) is 88.4 Å². The number of hydrogen-bond acceptors (Lipinski definition) is 14. The quantitative estimate of drug-likeness (QED) is 0.0254. The fourth-order valence-corrected chi connectivity index (χ4v) is 28.8. The molecule has 0 aliphatic carbocycles. The molecule has 14 aromatic carbocycles. The lowest BCUT2D eigenvalue weighted by molar-refractivity contribution is 0.448. The summed E-state index contributed by atoms with van der Waals surface area (Å²) in [5, 5.41) is 89.8. The zero-order chi connectivity index (χ0) is 111. The lowest BCUT2D eigenvalue weighted by atomic mass is 9.80. The molecule has 790 valence electrons. The van der Waals surface area contributed by atoms with Crippen molar-refractivity contribution in [3.63, 3.8) is 0 Å². The molecule has 14 unspecified atom stereocenters. The van der Waals surface area contributed by atoms with Crippen molar-refractivity contribution in [3.05, 3.63) is 370 Å². The van der Waals surface area contributed by atoms with E-state index in [1.54, 1.807) is 12.1 Å². The minimum Gasteiger partial charge on any atom is -0.507 e. The first kappa shape index (κ1) is 126. The standard InChI is InChI=1S/C23H33OPS.2C20H27OPS.C17H21OPS.2C16H19OPS.C15H17OPS/c1-14-9-10-19(17(11-14)15(2)26)25-20-13-16(22(3,4)5)12-18(21(20)24)23(6,7)8;1-12-7-8-17(16(9-12)14(3)23)22-18-11-15(20(4,5)6)10-13(2)19(18)21;1-12-7-8-17(15(9-12)14(3)23)22-18-11-13(2)10-16(19(18)21)20(4,5)6;1-10-5-6-15(14(8-10)13(4)20)19-16-9-11(2)7-12(3)17(16)18;1-10-5-7-15(13(8-10)12(3)19)18-16-9-11(2)4-6-14(16)17;1-10-7-8-14(13(9-10)12(3)19)18-15-6-4-5-11(2)16(15)17;1-10-7-8-14(12(9-10)11(2)18)17-15-6-4-3-5-13(15)16/h9-13,15,24-26H,1-8H3;2*7-11,14,21-23H,1-6H3;5-9,13,18-20H,1-4H3;2*4-9,12,17-19H,1-3H3;3-9,11,16-18H,1-2H3. The second-order valence-corrected chi connectivity index (χ2v) is 58.3. The molecule has 0 aromatic heterocycles. The summed E-state index contributed by atoms with van der Waals surface area (Å²) >= 11 is 32.2. The van der Waals surface area contributed by atoms with Crippen LogP contribution in [-0.4, -0.2) is 35.7 Å². The van der Waals surface area contributed by atoms with E-state index in [9.17, 15) is 35.7 Å². The molecule has 0 aliphatic heterocycles. The molecule has 21 heteroatoms. The first-order chi connectivity index (χ1) is 68.9. The van der Waals surface area contributed by atoms with Gasteiger partial charge in [0.25, 0.3) is 0 Å². The Kier molecular flexibility index (Phi) is 48.2. The number of hydrogen-bond donors (Lipinski definition) is 14. The van der Waals surface area contributed by atoms with Crippen LogP contribution in [0.2, 0.25) is 0 Å². The summed E-state index contributed by atoms with van der Waals surface area (Å²) < 4.78 is 0. The fourth-order valence-electron chi connectivity index (χ4n) is 16.6. The van der Waals surface area contributed by atoms with Gasteiger partial charge < -0.3 is 35.7 Å². The van der Waals surface area contributed by atoms with Crippen molar-refractivity contribution in [2.75, 3.05) is 0 Å². The summed E-state index contributed by atoms with van der Waals surface area (Å²) in [6, 6.07) is 81.5. The van der Waals surface area contributed by atoms with Gasteiger partial charge in [-0.1, -0.05) is 382 Å². The Morgan fingerprint density at radius 2 is 0.412 bits per heavy atom. The maximum absolute atomic E-state index is 11.0. The van der Waals surface area contributed by atoms with Gasteiger partial charge in [0.1, 0.15) is 40.2 Å². The molecule has 148 heavy (non-hydrogen) atoms. The van der Waals surface area contributed by atoms with Crippen LogP contribution in [0.4, 0.5) is 0 Å². The van der Waals surface area contributed by atoms with Crippen LogP contribution in [0.25, 0.3) is 0 Å². The van der Waals surface area contributed by atoms with E-state index in [0.29, 0.717) is 100 Å². The Morgan fingerprint density at radius 1 is 0.182 bits per heavy atom. The summed E-state index contributed by atoms with van der Waals surface area (Å²) in [5.41, 5.74) is 28.4. The molecule has 14 aromatic rings. The molecule has 0 aliphatic rings. The second kappa shape index (κ2) is 56.5. The highest BCUT2D eigenvalue weighted by Crippen LogP contribution is 2.42. The third-order valence-electron chi connectivity index (χ3n) is 25.2. The minimum absolute atomic E-state index is 0.0415. The first-order valence-corrected chi connectivity index (χ1v) is 61.1. The molecule has 0 heterocycles. The summed E-state index contributed by atoms with van der Waals surface area (Å²) in [5.74, 6) is 2.90. The van der Waals surface area contributed by atoms with E-state index < -0.39 is 0 Å². The number of aromatic hydroxyl groups is 7. The van der Waals surface area contributed by atoms with E-state index in [4.69, 9.17) is 0 Å². The van der Waals surface area contributed by atoms with Crippen LogP contribution in [0, 0.1) is 90.0 Å². The predicted octanol–water partition coefficient (Wildman–Crippen LogP) is 30.3. The van der Waals surface area contributed by atoms with Crippen LogP contribution in [-0.2, 0) is 21.7 Å². The van der Waals surface area contributed by atoms with Crippen LogP contribution < -0.4 is 74.3 Å². The second-order valence-electron chi connectivity index (χ2n) is 43.5. The highest BCUT2D eigenvalue weighted by Gasteiger charge is 2.29.